The Kier molecular flexibility index (Phi) is 3.90. The van der Waals surface area contributed by atoms with Crippen LogP contribution in [0, 0.1) is 11.3 Å². The van der Waals surface area contributed by atoms with Crippen molar-refractivity contribution in [2.24, 2.45) is 0 Å². The van der Waals surface area contributed by atoms with Crippen LogP contribution in [0.3, 0.4) is 0 Å². The molecule has 0 saturated carbocycles. The van der Waals surface area contributed by atoms with E-state index >= 15 is 0 Å². The Morgan fingerprint density at radius 2 is 1.95 bits per heavy atom. The van der Waals surface area contributed by atoms with Crippen LogP contribution in [0.2, 0.25) is 0 Å². The predicted octanol–water partition coefficient (Wildman–Crippen LogP) is 4.39. The van der Waals surface area contributed by atoms with Gasteiger partial charge in [0.1, 0.15) is 5.82 Å². The Morgan fingerprint density at radius 1 is 1.26 bits per heavy atom. The number of nitrogens with zero attached hydrogens (tertiary/aromatic N) is 3. The van der Waals surface area contributed by atoms with Crippen LogP contribution >= 0.6 is 0 Å². The SMILES string of the molecule is CCC(CC)c1nc2cc(C#N)ccc2n1C(C)C. The van der Waals surface area contributed by atoms with Crippen LogP contribution in [0.5, 0.6) is 0 Å². The van der Waals surface area contributed by atoms with E-state index in [0.29, 0.717) is 17.5 Å². The third-order valence-electron chi connectivity index (χ3n) is 3.71. The maximum atomic E-state index is 9.00. The van der Waals surface area contributed by atoms with E-state index in [1.165, 1.54) is 0 Å². The second kappa shape index (κ2) is 5.44. The summed E-state index contributed by atoms with van der Waals surface area (Å²) >= 11 is 0. The molecule has 0 bridgehead atoms. The molecule has 1 heterocycles. The zero-order chi connectivity index (χ0) is 14.0. The largest absolute Gasteiger partial charge is 0.325 e. The summed E-state index contributed by atoms with van der Waals surface area (Å²) in [6, 6.07) is 8.35. The average molecular weight is 255 g/mol. The monoisotopic (exact) mass is 255 g/mol. The van der Waals surface area contributed by atoms with Gasteiger partial charge in [0.25, 0.3) is 0 Å². The number of hydrogen-bond donors (Lipinski definition) is 0. The molecule has 0 fully saturated rings. The highest BCUT2D eigenvalue weighted by molar-refractivity contribution is 5.78. The molecule has 0 spiro atoms. The molecule has 0 unspecified atom stereocenters. The Morgan fingerprint density at radius 3 is 2.47 bits per heavy atom. The standard InChI is InChI=1S/C16H21N3/c1-5-13(6-2)16-18-14-9-12(10-17)7-8-15(14)19(16)11(3)4/h7-9,11,13H,5-6H2,1-4H3. The highest BCUT2D eigenvalue weighted by Crippen LogP contribution is 2.29. The highest BCUT2D eigenvalue weighted by atomic mass is 15.1. The van der Waals surface area contributed by atoms with Crippen molar-refractivity contribution in [2.45, 2.75) is 52.5 Å². The molecule has 0 aliphatic heterocycles. The van der Waals surface area contributed by atoms with Crippen LogP contribution in [0.15, 0.2) is 18.2 Å². The van der Waals surface area contributed by atoms with Crippen molar-refractivity contribution >= 4 is 11.0 Å². The molecule has 1 aromatic heterocycles. The molecule has 0 aliphatic rings. The Hall–Kier alpha value is -1.82. The molecule has 0 radical (unpaired) electrons. The van der Waals surface area contributed by atoms with E-state index in [4.69, 9.17) is 10.2 Å². The van der Waals surface area contributed by atoms with Gasteiger partial charge in [-0.3, -0.25) is 0 Å². The summed E-state index contributed by atoms with van der Waals surface area (Å²) in [6.45, 7) is 8.79. The van der Waals surface area contributed by atoms with E-state index < -0.39 is 0 Å². The minimum Gasteiger partial charge on any atom is -0.325 e. The van der Waals surface area contributed by atoms with Crippen LogP contribution in [-0.2, 0) is 0 Å². The first-order chi connectivity index (χ1) is 9.12. The van der Waals surface area contributed by atoms with Gasteiger partial charge < -0.3 is 4.57 Å². The van der Waals surface area contributed by atoms with Gasteiger partial charge >= 0.3 is 0 Å². The summed E-state index contributed by atoms with van der Waals surface area (Å²) in [6.07, 6.45) is 2.19. The summed E-state index contributed by atoms with van der Waals surface area (Å²) in [5.74, 6) is 1.64. The van der Waals surface area contributed by atoms with Gasteiger partial charge in [0.2, 0.25) is 0 Å². The number of nitriles is 1. The van der Waals surface area contributed by atoms with Crippen LogP contribution in [-0.4, -0.2) is 9.55 Å². The molecular weight excluding hydrogens is 234 g/mol. The molecule has 0 amide bonds. The zero-order valence-corrected chi connectivity index (χ0v) is 12.1. The van der Waals surface area contributed by atoms with Gasteiger partial charge in [0.15, 0.2) is 0 Å². The van der Waals surface area contributed by atoms with Gasteiger partial charge in [0.05, 0.1) is 22.7 Å². The summed E-state index contributed by atoms with van der Waals surface area (Å²) in [4.78, 5) is 4.80. The second-order valence-electron chi connectivity index (χ2n) is 5.26. The molecule has 0 aliphatic carbocycles. The van der Waals surface area contributed by atoms with E-state index in [9.17, 15) is 0 Å². The van der Waals surface area contributed by atoms with Gasteiger partial charge in [-0.25, -0.2) is 4.98 Å². The van der Waals surface area contributed by atoms with Crippen molar-refractivity contribution in [2.75, 3.05) is 0 Å². The zero-order valence-electron chi connectivity index (χ0n) is 12.1. The molecule has 19 heavy (non-hydrogen) atoms. The quantitative estimate of drug-likeness (QED) is 0.813. The van der Waals surface area contributed by atoms with Crippen molar-refractivity contribution in [1.29, 1.82) is 5.26 Å². The van der Waals surface area contributed by atoms with Crippen LogP contribution in [0.25, 0.3) is 11.0 Å². The van der Waals surface area contributed by atoms with Crippen molar-refractivity contribution in [1.82, 2.24) is 9.55 Å². The topological polar surface area (TPSA) is 41.6 Å². The van der Waals surface area contributed by atoms with Gasteiger partial charge in [-0.2, -0.15) is 5.26 Å². The van der Waals surface area contributed by atoms with E-state index in [0.717, 1.165) is 29.7 Å². The molecule has 1 aromatic carbocycles. The number of rotatable bonds is 4. The van der Waals surface area contributed by atoms with Gasteiger partial charge in [-0.15, -0.1) is 0 Å². The number of hydrogen-bond acceptors (Lipinski definition) is 2. The second-order valence-corrected chi connectivity index (χ2v) is 5.26. The summed E-state index contributed by atoms with van der Waals surface area (Å²) < 4.78 is 2.31. The fourth-order valence-electron chi connectivity index (χ4n) is 2.67. The third-order valence-corrected chi connectivity index (χ3v) is 3.71. The van der Waals surface area contributed by atoms with E-state index in [1.54, 1.807) is 0 Å². The Balaban J connectivity index is 2.69. The maximum Gasteiger partial charge on any atom is 0.113 e. The van der Waals surface area contributed by atoms with Crippen LogP contribution in [0.1, 0.15) is 63.9 Å². The molecule has 3 nitrogen and oxygen atoms in total. The third kappa shape index (κ3) is 2.35. The molecule has 2 rings (SSSR count). The molecule has 2 aromatic rings. The lowest BCUT2D eigenvalue weighted by Crippen LogP contribution is -2.10. The lowest BCUT2D eigenvalue weighted by atomic mass is 10.0. The first kappa shape index (κ1) is 13.6. The minimum absolute atomic E-state index is 0.383. The molecule has 3 heteroatoms. The van der Waals surface area contributed by atoms with Crippen molar-refractivity contribution in [3.05, 3.63) is 29.6 Å². The smallest absolute Gasteiger partial charge is 0.113 e. The number of imidazole rings is 1. The number of benzene rings is 1. The van der Waals surface area contributed by atoms with E-state index in [2.05, 4.69) is 38.3 Å². The first-order valence-corrected chi connectivity index (χ1v) is 7.04. The highest BCUT2D eigenvalue weighted by Gasteiger charge is 2.19. The predicted molar refractivity (Wildman–Crippen MR) is 78.2 cm³/mol. The Bertz CT molecular complexity index is 613. The molecule has 0 atom stereocenters. The van der Waals surface area contributed by atoms with Crippen molar-refractivity contribution in [3.63, 3.8) is 0 Å². The van der Waals surface area contributed by atoms with Gasteiger partial charge in [0, 0.05) is 12.0 Å². The fourth-order valence-corrected chi connectivity index (χ4v) is 2.67. The lowest BCUT2D eigenvalue weighted by Gasteiger charge is -2.18. The van der Waals surface area contributed by atoms with Crippen molar-refractivity contribution in [3.8, 4) is 6.07 Å². The normalized spacial score (nSPS) is 11.4. The van der Waals surface area contributed by atoms with Crippen molar-refractivity contribution < 1.29 is 0 Å². The Labute approximate surface area is 114 Å². The van der Waals surface area contributed by atoms with Crippen LogP contribution in [0.4, 0.5) is 0 Å². The molecular formula is C16H21N3. The first-order valence-electron chi connectivity index (χ1n) is 7.04. The van der Waals surface area contributed by atoms with Crippen LogP contribution < -0.4 is 0 Å². The number of aromatic nitrogens is 2. The van der Waals surface area contributed by atoms with E-state index in [-0.39, 0.29) is 0 Å². The molecule has 0 saturated heterocycles. The summed E-state index contributed by atoms with van der Waals surface area (Å²) in [5, 5.41) is 9.00. The maximum absolute atomic E-state index is 9.00. The average Bonchev–Trinajstić information content (AvgIpc) is 2.78. The molecule has 0 N–H and O–H groups in total. The summed E-state index contributed by atoms with van der Waals surface area (Å²) in [5.41, 5.74) is 2.75. The fraction of sp³-hybridized carbons (Fsp3) is 0.500. The lowest BCUT2D eigenvalue weighted by molar-refractivity contribution is 0.517. The van der Waals surface area contributed by atoms with Gasteiger partial charge in [-0.05, 0) is 44.9 Å². The van der Waals surface area contributed by atoms with E-state index in [1.807, 2.05) is 18.2 Å². The summed E-state index contributed by atoms with van der Waals surface area (Å²) in [7, 11) is 0. The number of fused-ring (bicyclic) bond motifs is 1. The minimum atomic E-state index is 0.383. The molecule has 100 valence electrons. The van der Waals surface area contributed by atoms with Gasteiger partial charge in [-0.1, -0.05) is 13.8 Å².